The summed E-state index contributed by atoms with van der Waals surface area (Å²) < 4.78 is 6.08. The summed E-state index contributed by atoms with van der Waals surface area (Å²) in [5.74, 6) is -0.389. The molecule has 7 heteroatoms. The first-order valence-corrected chi connectivity index (χ1v) is 9.20. The fourth-order valence-corrected chi connectivity index (χ4v) is 2.90. The van der Waals surface area contributed by atoms with Gasteiger partial charge >= 0.3 is 5.97 Å². The number of ether oxygens (including phenoxy) is 1. The second-order valence-corrected chi connectivity index (χ2v) is 6.95. The van der Waals surface area contributed by atoms with Crippen molar-refractivity contribution in [2.24, 2.45) is 0 Å². The highest BCUT2D eigenvalue weighted by Gasteiger charge is 2.19. The Balaban J connectivity index is 1.60. The third-order valence-electron chi connectivity index (χ3n) is 4.03. The van der Waals surface area contributed by atoms with Crippen LogP contribution in [0.3, 0.4) is 0 Å². The number of aromatic nitrogens is 2. The smallest absolute Gasteiger partial charge is 0.306 e. The number of ketones is 1. The topological polar surface area (TPSA) is 89.1 Å². The molecule has 0 aliphatic heterocycles. The van der Waals surface area contributed by atoms with E-state index >= 15 is 0 Å². The van der Waals surface area contributed by atoms with Gasteiger partial charge in [-0.25, -0.2) is 4.98 Å². The molecule has 27 heavy (non-hydrogen) atoms. The number of fused-ring (bicyclic) bond motifs is 1. The van der Waals surface area contributed by atoms with Gasteiger partial charge in [0, 0.05) is 16.5 Å². The summed E-state index contributed by atoms with van der Waals surface area (Å²) in [4.78, 5) is 43.4. The van der Waals surface area contributed by atoms with Crippen LogP contribution in [0.1, 0.15) is 29.5 Å². The second-order valence-electron chi connectivity index (χ2n) is 6.03. The molecular weight excluding hydrogens is 412 g/mol. The quantitative estimate of drug-likeness (QED) is 0.479. The number of hydrogen-bond donors (Lipinski definition) is 1. The maximum absolute atomic E-state index is 12.3. The molecule has 0 saturated heterocycles. The summed E-state index contributed by atoms with van der Waals surface area (Å²) >= 11 is 3.31. The number of hydrogen-bond acceptors (Lipinski definition) is 5. The van der Waals surface area contributed by atoms with Crippen molar-refractivity contribution in [1.82, 2.24) is 9.97 Å². The number of nitrogens with zero attached hydrogens (tertiary/aromatic N) is 1. The van der Waals surface area contributed by atoms with Crippen molar-refractivity contribution in [1.29, 1.82) is 0 Å². The van der Waals surface area contributed by atoms with Gasteiger partial charge in [0.15, 0.2) is 6.10 Å². The van der Waals surface area contributed by atoms with Crippen molar-refractivity contribution in [3.8, 4) is 0 Å². The number of Topliss-reactive ketones (excluding diaryl/α,β-unsaturated/α-hetero) is 1. The number of carbonyl (C=O) groups excluding carboxylic acids is 2. The number of esters is 1. The number of benzene rings is 2. The van der Waals surface area contributed by atoms with Crippen molar-refractivity contribution in [3.05, 3.63) is 74.7 Å². The maximum atomic E-state index is 12.3. The van der Waals surface area contributed by atoms with Crippen LogP contribution in [0, 0.1) is 0 Å². The van der Waals surface area contributed by atoms with Gasteiger partial charge in [0.2, 0.25) is 5.78 Å². The van der Waals surface area contributed by atoms with Gasteiger partial charge in [-0.15, -0.1) is 0 Å². The molecule has 3 aromatic rings. The number of rotatable bonds is 6. The van der Waals surface area contributed by atoms with E-state index < -0.39 is 12.1 Å². The zero-order valence-corrected chi connectivity index (χ0v) is 16.2. The lowest BCUT2D eigenvalue weighted by molar-refractivity contribution is -0.146. The minimum absolute atomic E-state index is 0.0131. The molecule has 138 valence electrons. The highest BCUT2D eigenvalue weighted by Crippen LogP contribution is 2.13. The van der Waals surface area contributed by atoms with Crippen LogP contribution in [0.2, 0.25) is 0 Å². The number of carbonyl (C=O) groups is 2. The average Bonchev–Trinajstić information content (AvgIpc) is 2.66. The van der Waals surface area contributed by atoms with Crippen LogP contribution < -0.4 is 5.56 Å². The number of para-hydroxylation sites is 1. The van der Waals surface area contributed by atoms with E-state index in [1.165, 1.54) is 0 Å². The Bertz CT molecular complexity index is 1040. The van der Waals surface area contributed by atoms with Crippen LogP contribution in [0.15, 0.2) is 57.8 Å². The summed E-state index contributed by atoms with van der Waals surface area (Å²) in [5.41, 5.74) is 0.796. The summed E-state index contributed by atoms with van der Waals surface area (Å²) in [6, 6.07) is 13.8. The Hall–Kier alpha value is -2.80. The number of halogens is 1. The molecule has 0 fully saturated rings. The second kappa shape index (κ2) is 8.26. The van der Waals surface area contributed by atoms with Crippen LogP contribution in [0.4, 0.5) is 0 Å². The summed E-state index contributed by atoms with van der Waals surface area (Å²) in [6.07, 6.45) is -0.653. The van der Waals surface area contributed by atoms with Gasteiger partial charge in [-0.05, 0) is 31.2 Å². The molecule has 0 aliphatic rings. The highest BCUT2D eigenvalue weighted by atomic mass is 79.9. The number of H-pyrrole nitrogens is 1. The van der Waals surface area contributed by atoms with Crippen molar-refractivity contribution in [2.75, 3.05) is 0 Å². The molecular formula is C20H17BrN2O4. The lowest BCUT2D eigenvalue weighted by Gasteiger charge is -2.12. The van der Waals surface area contributed by atoms with Crippen LogP contribution >= 0.6 is 15.9 Å². The summed E-state index contributed by atoms with van der Waals surface area (Å²) in [7, 11) is 0. The maximum Gasteiger partial charge on any atom is 0.306 e. The van der Waals surface area contributed by atoms with Crippen LogP contribution in [-0.4, -0.2) is 27.8 Å². The van der Waals surface area contributed by atoms with Crippen molar-refractivity contribution >= 4 is 38.6 Å². The normalized spacial score (nSPS) is 11.9. The first-order valence-electron chi connectivity index (χ1n) is 8.41. The van der Waals surface area contributed by atoms with Gasteiger partial charge in [-0.1, -0.05) is 40.2 Å². The molecule has 0 spiro atoms. The fourth-order valence-electron chi connectivity index (χ4n) is 2.63. The Morgan fingerprint density at radius 3 is 2.59 bits per heavy atom. The molecule has 1 atom stereocenters. The number of nitrogens with one attached hydrogen (secondary N) is 1. The lowest BCUT2D eigenvalue weighted by atomic mass is 10.1. The molecule has 1 N–H and O–H groups in total. The third-order valence-corrected chi connectivity index (χ3v) is 4.56. The third kappa shape index (κ3) is 4.68. The van der Waals surface area contributed by atoms with Gasteiger partial charge in [-0.3, -0.25) is 14.4 Å². The van der Waals surface area contributed by atoms with Gasteiger partial charge in [-0.2, -0.15) is 0 Å². The van der Waals surface area contributed by atoms with E-state index in [1.54, 1.807) is 55.5 Å². The van der Waals surface area contributed by atoms with Crippen LogP contribution in [0.25, 0.3) is 10.9 Å². The zero-order chi connectivity index (χ0) is 19.4. The molecule has 3 rings (SSSR count). The zero-order valence-electron chi connectivity index (χ0n) is 14.6. The fraction of sp³-hybridized carbons (Fsp3) is 0.200. The minimum Gasteiger partial charge on any atom is -0.454 e. The van der Waals surface area contributed by atoms with E-state index in [0.717, 1.165) is 4.47 Å². The number of aromatic amines is 1. The Morgan fingerprint density at radius 2 is 1.85 bits per heavy atom. The molecule has 2 aromatic carbocycles. The average molecular weight is 429 g/mol. The molecule has 0 aliphatic carbocycles. The first-order chi connectivity index (χ1) is 12.9. The Morgan fingerprint density at radius 1 is 1.15 bits per heavy atom. The monoisotopic (exact) mass is 428 g/mol. The predicted molar refractivity (Wildman–Crippen MR) is 105 cm³/mol. The van der Waals surface area contributed by atoms with E-state index in [0.29, 0.717) is 22.3 Å². The minimum atomic E-state index is -0.887. The molecule has 0 bridgehead atoms. The summed E-state index contributed by atoms with van der Waals surface area (Å²) in [5, 5.41) is 0.498. The molecule has 1 aromatic heterocycles. The van der Waals surface area contributed by atoms with E-state index in [4.69, 9.17) is 4.74 Å². The van der Waals surface area contributed by atoms with Crippen LogP contribution in [-0.2, 0) is 16.0 Å². The molecule has 0 amide bonds. The van der Waals surface area contributed by atoms with E-state index in [2.05, 4.69) is 25.9 Å². The van der Waals surface area contributed by atoms with Gasteiger partial charge in [0.05, 0.1) is 17.3 Å². The molecule has 1 heterocycles. The SMILES string of the molecule is C[C@@H](OC(=O)CCc1nc2ccccc2c(=O)[nH]1)C(=O)c1ccc(Br)cc1. The molecule has 0 unspecified atom stereocenters. The van der Waals surface area contributed by atoms with E-state index in [9.17, 15) is 14.4 Å². The molecule has 0 saturated carbocycles. The largest absolute Gasteiger partial charge is 0.454 e. The van der Waals surface area contributed by atoms with Gasteiger partial charge < -0.3 is 9.72 Å². The van der Waals surface area contributed by atoms with Crippen LogP contribution in [0.5, 0.6) is 0 Å². The van der Waals surface area contributed by atoms with Gasteiger partial charge in [0.25, 0.3) is 5.56 Å². The summed E-state index contributed by atoms with van der Waals surface area (Å²) in [6.45, 7) is 1.54. The predicted octanol–water partition coefficient (Wildman–Crippen LogP) is 3.43. The number of aryl methyl sites for hydroxylation is 1. The molecule has 6 nitrogen and oxygen atoms in total. The Labute approximate surface area is 163 Å². The van der Waals surface area contributed by atoms with E-state index in [1.807, 2.05) is 0 Å². The highest BCUT2D eigenvalue weighted by molar-refractivity contribution is 9.10. The Kier molecular flexibility index (Phi) is 5.81. The van der Waals surface area contributed by atoms with Crippen molar-refractivity contribution in [3.63, 3.8) is 0 Å². The van der Waals surface area contributed by atoms with Crippen molar-refractivity contribution in [2.45, 2.75) is 25.9 Å². The van der Waals surface area contributed by atoms with E-state index in [-0.39, 0.29) is 24.2 Å². The van der Waals surface area contributed by atoms with Gasteiger partial charge in [0.1, 0.15) is 5.82 Å². The lowest BCUT2D eigenvalue weighted by Crippen LogP contribution is -2.24. The van der Waals surface area contributed by atoms with Crippen molar-refractivity contribution < 1.29 is 14.3 Å². The molecule has 0 radical (unpaired) electrons. The standard InChI is InChI=1S/C20H17BrN2O4/c1-12(19(25)13-6-8-14(21)9-7-13)27-18(24)11-10-17-22-16-5-3-2-4-15(16)20(26)23-17/h2-9,12H,10-11H2,1H3,(H,22,23,26)/t12-/m1/s1. The first kappa shape index (κ1) is 19.0.